The van der Waals surface area contributed by atoms with Crippen LogP contribution < -0.4 is 11.1 Å². The van der Waals surface area contributed by atoms with Crippen molar-refractivity contribution in [2.45, 2.75) is 50.0 Å². The lowest BCUT2D eigenvalue weighted by molar-refractivity contribution is -0.122. The molecule has 0 radical (unpaired) electrons. The summed E-state index contributed by atoms with van der Waals surface area (Å²) in [5, 5.41) is 2.99. The van der Waals surface area contributed by atoms with Gasteiger partial charge in [0.2, 0.25) is 5.91 Å². The zero-order chi connectivity index (χ0) is 18.0. The molecule has 2 atom stereocenters. The smallest absolute Gasteiger partial charge is 0.251 e. The predicted molar refractivity (Wildman–Crippen MR) is 98.3 cm³/mol. The van der Waals surface area contributed by atoms with Crippen molar-refractivity contribution in [3.8, 4) is 0 Å². The van der Waals surface area contributed by atoms with Crippen molar-refractivity contribution in [3.63, 3.8) is 0 Å². The molecule has 0 saturated heterocycles. The molecule has 2 aliphatic carbocycles. The zero-order valence-electron chi connectivity index (χ0n) is 15.3. The second-order valence-corrected chi connectivity index (χ2v) is 7.93. The average Bonchev–Trinajstić information content (AvgIpc) is 3.24. The van der Waals surface area contributed by atoms with Gasteiger partial charge >= 0.3 is 0 Å². The van der Waals surface area contributed by atoms with E-state index >= 15 is 0 Å². The number of nitrogens with two attached hydrogens (primary N) is 1. The highest BCUT2D eigenvalue weighted by Gasteiger charge is 2.43. The molecule has 5 heteroatoms. The van der Waals surface area contributed by atoms with Crippen molar-refractivity contribution in [2.75, 3.05) is 20.6 Å². The van der Waals surface area contributed by atoms with Gasteiger partial charge in [-0.05, 0) is 75.9 Å². The lowest BCUT2D eigenvalue weighted by atomic mass is 9.91. The van der Waals surface area contributed by atoms with Crippen LogP contribution in [-0.4, -0.2) is 43.4 Å². The van der Waals surface area contributed by atoms with Gasteiger partial charge in [0.25, 0.3) is 5.91 Å². The van der Waals surface area contributed by atoms with Crippen molar-refractivity contribution in [2.24, 2.45) is 11.7 Å². The van der Waals surface area contributed by atoms with Gasteiger partial charge in [0, 0.05) is 11.6 Å². The molecule has 0 bridgehead atoms. The third-order valence-electron chi connectivity index (χ3n) is 5.85. The molecule has 25 heavy (non-hydrogen) atoms. The van der Waals surface area contributed by atoms with Gasteiger partial charge in [-0.3, -0.25) is 9.59 Å². The number of nitrogens with zero attached hydrogens (tertiary/aromatic N) is 1. The highest BCUT2D eigenvalue weighted by Crippen LogP contribution is 2.51. The average molecular weight is 343 g/mol. The summed E-state index contributed by atoms with van der Waals surface area (Å²) in [7, 11) is 4.21. The molecule has 1 aromatic carbocycles. The van der Waals surface area contributed by atoms with E-state index in [0.717, 1.165) is 32.2 Å². The van der Waals surface area contributed by atoms with E-state index in [2.05, 4.69) is 36.4 Å². The summed E-state index contributed by atoms with van der Waals surface area (Å²) in [5.74, 6) is -0.651. The second kappa shape index (κ2) is 7.16. The molecule has 2 amide bonds. The molecule has 2 fully saturated rings. The molecule has 3 rings (SSSR count). The highest BCUT2D eigenvalue weighted by molar-refractivity contribution is 5.95. The molecule has 5 nitrogen and oxygen atoms in total. The third kappa shape index (κ3) is 4.03. The van der Waals surface area contributed by atoms with Crippen molar-refractivity contribution in [1.82, 2.24) is 10.2 Å². The van der Waals surface area contributed by atoms with E-state index in [-0.39, 0.29) is 23.8 Å². The van der Waals surface area contributed by atoms with Crippen LogP contribution in [0.15, 0.2) is 24.3 Å². The molecule has 2 aliphatic rings. The summed E-state index contributed by atoms with van der Waals surface area (Å²) in [5.41, 5.74) is 7.73. The summed E-state index contributed by atoms with van der Waals surface area (Å²) in [6.45, 7) is 1.08. The van der Waals surface area contributed by atoms with Crippen LogP contribution in [-0.2, 0) is 10.2 Å². The van der Waals surface area contributed by atoms with Crippen LogP contribution in [0.25, 0.3) is 0 Å². The maximum Gasteiger partial charge on any atom is 0.251 e. The number of hydrogen-bond donors (Lipinski definition) is 2. The Hall–Kier alpha value is -1.88. The quantitative estimate of drug-likeness (QED) is 0.796. The molecule has 0 spiro atoms. The summed E-state index contributed by atoms with van der Waals surface area (Å²) in [6, 6.07) is 7.89. The van der Waals surface area contributed by atoms with E-state index in [1.165, 1.54) is 18.4 Å². The number of primary amides is 1. The first-order valence-corrected chi connectivity index (χ1v) is 9.27. The minimum atomic E-state index is -0.310. The minimum absolute atomic E-state index is 0.108. The molecule has 136 valence electrons. The van der Waals surface area contributed by atoms with E-state index in [9.17, 15) is 9.59 Å². The Morgan fingerprint density at radius 2 is 1.88 bits per heavy atom. The van der Waals surface area contributed by atoms with Gasteiger partial charge in [-0.2, -0.15) is 0 Å². The maximum absolute atomic E-state index is 12.5. The Bertz CT molecular complexity index is 635. The number of carbonyl (C=O) groups is 2. The normalized spacial score (nSPS) is 24.3. The maximum atomic E-state index is 12.5. The number of benzene rings is 1. The van der Waals surface area contributed by atoms with Crippen LogP contribution in [0.1, 0.15) is 54.4 Å². The fraction of sp³-hybridized carbons (Fsp3) is 0.600. The standard InChI is InChI=1S/C20H29N3O2/c1-23(2)13-12-20(10-11-20)15-8-6-14(7-9-15)19(25)22-17-5-3-4-16(17)18(21)24/h6-9,16-17H,3-5,10-13H2,1-2H3,(H2,21,24)(H,22,25). The van der Waals surface area contributed by atoms with Crippen LogP contribution >= 0.6 is 0 Å². The Kier molecular flexibility index (Phi) is 5.13. The fourth-order valence-corrected chi connectivity index (χ4v) is 3.97. The first-order valence-electron chi connectivity index (χ1n) is 9.27. The lowest BCUT2D eigenvalue weighted by Crippen LogP contribution is -2.42. The fourth-order valence-electron chi connectivity index (χ4n) is 3.97. The number of rotatable bonds is 7. The number of nitrogens with one attached hydrogen (secondary N) is 1. The van der Waals surface area contributed by atoms with Gasteiger partial charge in [0.1, 0.15) is 0 Å². The lowest BCUT2D eigenvalue weighted by Gasteiger charge is -2.20. The van der Waals surface area contributed by atoms with Crippen LogP contribution in [0.3, 0.4) is 0 Å². The number of amides is 2. The van der Waals surface area contributed by atoms with Crippen molar-refractivity contribution in [1.29, 1.82) is 0 Å². The molecule has 3 N–H and O–H groups in total. The van der Waals surface area contributed by atoms with E-state index in [1.54, 1.807) is 0 Å². The van der Waals surface area contributed by atoms with Crippen molar-refractivity contribution < 1.29 is 9.59 Å². The molecule has 0 heterocycles. The first kappa shape index (κ1) is 17.9. The van der Waals surface area contributed by atoms with Gasteiger partial charge in [0.05, 0.1) is 5.92 Å². The molecule has 2 unspecified atom stereocenters. The molecule has 1 aromatic rings. The summed E-state index contributed by atoms with van der Waals surface area (Å²) < 4.78 is 0. The van der Waals surface area contributed by atoms with E-state index in [4.69, 9.17) is 5.73 Å². The SMILES string of the molecule is CN(C)CCC1(c2ccc(C(=O)NC3CCCC3C(N)=O)cc2)CC1. The predicted octanol–water partition coefficient (Wildman–Crippen LogP) is 2.05. The van der Waals surface area contributed by atoms with Gasteiger partial charge in [-0.15, -0.1) is 0 Å². The number of hydrogen-bond acceptors (Lipinski definition) is 3. The Balaban J connectivity index is 1.62. The largest absolute Gasteiger partial charge is 0.369 e. The summed E-state index contributed by atoms with van der Waals surface area (Å²) >= 11 is 0. The van der Waals surface area contributed by atoms with E-state index < -0.39 is 0 Å². The monoisotopic (exact) mass is 343 g/mol. The minimum Gasteiger partial charge on any atom is -0.369 e. The van der Waals surface area contributed by atoms with Gasteiger partial charge in [0.15, 0.2) is 0 Å². The van der Waals surface area contributed by atoms with Crippen LogP contribution in [0, 0.1) is 5.92 Å². The molecule has 2 saturated carbocycles. The van der Waals surface area contributed by atoms with Crippen LogP contribution in [0.5, 0.6) is 0 Å². The third-order valence-corrected chi connectivity index (χ3v) is 5.85. The molecule has 0 aromatic heterocycles. The topological polar surface area (TPSA) is 75.4 Å². The Labute approximate surface area is 150 Å². The molecular weight excluding hydrogens is 314 g/mol. The van der Waals surface area contributed by atoms with Crippen LogP contribution in [0.2, 0.25) is 0 Å². The highest BCUT2D eigenvalue weighted by atomic mass is 16.2. The number of carbonyl (C=O) groups excluding carboxylic acids is 2. The van der Waals surface area contributed by atoms with Gasteiger partial charge < -0.3 is 16.0 Å². The Morgan fingerprint density at radius 1 is 1.20 bits per heavy atom. The second-order valence-electron chi connectivity index (χ2n) is 7.93. The summed E-state index contributed by atoms with van der Waals surface area (Å²) in [6.07, 6.45) is 6.15. The van der Waals surface area contributed by atoms with Crippen LogP contribution in [0.4, 0.5) is 0 Å². The van der Waals surface area contributed by atoms with Crippen molar-refractivity contribution >= 4 is 11.8 Å². The zero-order valence-corrected chi connectivity index (χ0v) is 15.3. The summed E-state index contributed by atoms with van der Waals surface area (Å²) in [4.78, 5) is 26.2. The van der Waals surface area contributed by atoms with Gasteiger partial charge in [-0.25, -0.2) is 0 Å². The van der Waals surface area contributed by atoms with E-state index in [1.807, 2.05) is 12.1 Å². The molecular formula is C20H29N3O2. The Morgan fingerprint density at radius 3 is 2.44 bits per heavy atom. The molecule has 0 aliphatic heterocycles. The van der Waals surface area contributed by atoms with Gasteiger partial charge in [-0.1, -0.05) is 18.6 Å². The van der Waals surface area contributed by atoms with Crippen molar-refractivity contribution in [3.05, 3.63) is 35.4 Å². The first-order chi connectivity index (χ1) is 11.9. The van der Waals surface area contributed by atoms with E-state index in [0.29, 0.717) is 11.0 Å².